The summed E-state index contributed by atoms with van der Waals surface area (Å²) in [5.74, 6) is -1.33. The second kappa shape index (κ2) is 7.48. The van der Waals surface area contributed by atoms with E-state index in [-0.39, 0.29) is 12.1 Å². The van der Waals surface area contributed by atoms with Crippen LogP contribution in [-0.2, 0) is 11.0 Å². The number of carboxylic acid groups (broad SMARTS) is 1. The molecule has 142 valence electrons. The van der Waals surface area contributed by atoms with E-state index in [4.69, 9.17) is 0 Å². The summed E-state index contributed by atoms with van der Waals surface area (Å²) < 4.78 is 37.6. The predicted octanol–water partition coefficient (Wildman–Crippen LogP) is 4.25. The Balaban J connectivity index is 2.19. The van der Waals surface area contributed by atoms with Crippen LogP contribution >= 0.6 is 15.9 Å². The molecule has 2 rings (SSSR count). The van der Waals surface area contributed by atoms with E-state index in [1.807, 2.05) is 0 Å². The van der Waals surface area contributed by atoms with Gasteiger partial charge < -0.3 is 5.11 Å². The number of likely N-dealkylation sites (tertiary alicyclic amines) is 1. The quantitative estimate of drug-likeness (QED) is 0.435. The molecule has 1 N–H and O–H groups in total. The summed E-state index contributed by atoms with van der Waals surface area (Å²) in [7, 11) is 0. The summed E-state index contributed by atoms with van der Waals surface area (Å²) in [5, 5.41) is 9.53. The highest BCUT2D eigenvalue weighted by Crippen LogP contribution is 2.32. The third-order valence-electron chi connectivity index (χ3n) is 4.78. The molecule has 26 heavy (non-hydrogen) atoms. The van der Waals surface area contributed by atoms with E-state index >= 15 is 0 Å². The molecule has 0 saturated carbocycles. The maximum atomic E-state index is 12.8. The highest BCUT2D eigenvalue weighted by Gasteiger charge is 2.53. The van der Waals surface area contributed by atoms with Crippen LogP contribution in [0.3, 0.4) is 0 Å². The number of carbonyl (C=O) groups is 3. The van der Waals surface area contributed by atoms with E-state index in [0.717, 1.165) is 18.2 Å². The van der Waals surface area contributed by atoms with Crippen molar-refractivity contribution in [2.24, 2.45) is 0 Å². The van der Waals surface area contributed by atoms with Crippen molar-refractivity contribution in [3.63, 3.8) is 0 Å². The lowest BCUT2D eigenvalue weighted by molar-refractivity contribution is -0.792. The van der Waals surface area contributed by atoms with Gasteiger partial charge in [0, 0.05) is 18.4 Å². The fraction of sp³-hybridized carbons (Fsp3) is 0.471. The third kappa shape index (κ3) is 3.83. The number of hydrogen-bond donors (Lipinski definition) is 1. The molecule has 0 aromatic heterocycles. The van der Waals surface area contributed by atoms with Crippen molar-refractivity contribution >= 4 is 33.7 Å². The maximum absolute atomic E-state index is 12.8. The van der Waals surface area contributed by atoms with Gasteiger partial charge in [0.25, 0.3) is 0 Å². The first-order valence-corrected chi connectivity index (χ1v) is 8.92. The molecule has 9 heteroatoms. The second-order valence-corrected chi connectivity index (χ2v) is 7.48. The summed E-state index contributed by atoms with van der Waals surface area (Å²) >= 11 is 3.04. The molecular weight excluding hydrogens is 419 g/mol. The van der Waals surface area contributed by atoms with E-state index in [0.29, 0.717) is 12.8 Å². The molecule has 1 aliphatic rings. The lowest BCUT2D eigenvalue weighted by Gasteiger charge is -2.30. The average molecular weight is 437 g/mol. The number of hydrogen-bond acceptors (Lipinski definition) is 3. The molecule has 2 amide bonds. The Kier molecular flexibility index (Phi) is 5.92. The van der Waals surface area contributed by atoms with Gasteiger partial charge in [0.05, 0.1) is 23.4 Å². The topological polar surface area (TPSA) is 71.4 Å². The van der Waals surface area contributed by atoms with E-state index < -0.39 is 51.3 Å². The third-order valence-corrected chi connectivity index (χ3v) is 5.52. The Labute approximate surface area is 156 Å². The molecule has 1 fully saturated rings. The Bertz CT molecular complexity index is 737. The summed E-state index contributed by atoms with van der Waals surface area (Å²) in [6.45, 7) is 1.81. The molecule has 2 unspecified atom stereocenters. The molecular formula is C17H18BrF3NO4+. The molecule has 5 nitrogen and oxygen atoms in total. The van der Waals surface area contributed by atoms with Gasteiger partial charge in [0.1, 0.15) is 6.04 Å². The number of halogens is 4. The molecule has 1 aromatic rings. The number of quaternary nitrogens is 1. The van der Waals surface area contributed by atoms with Crippen molar-refractivity contribution in [1.82, 2.24) is 0 Å². The highest BCUT2D eigenvalue weighted by atomic mass is 79.9. The van der Waals surface area contributed by atoms with Crippen LogP contribution in [0.2, 0.25) is 0 Å². The SMILES string of the molecule is C[C@@H]1CCC[N+]1(C(=O)O)C(=O)CC(Br)C(=O)c1cccc(C(F)(F)F)c1. The van der Waals surface area contributed by atoms with E-state index in [2.05, 4.69) is 15.9 Å². The lowest BCUT2D eigenvalue weighted by Crippen LogP contribution is -2.59. The van der Waals surface area contributed by atoms with Gasteiger partial charge in [-0.05, 0) is 19.1 Å². The van der Waals surface area contributed by atoms with Crippen molar-refractivity contribution in [2.75, 3.05) is 6.54 Å². The predicted molar refractivity (Wildman–Crippen MR) is 90.0 cm³/mol. The molecule has 1 heterocycles. The van der Waals surface area contributed by atoms with Crippen LogP contribution in [0.4, 0.5) is 18.0 Å². The monoisotopic (exact) mass is 436 g/mol. The van der Waals surface area contributed by atoms with Crippen molar-refractivity contribution < 1.29 is 37.1 Å². The molecule has 0 bridgehead atoms. The highest BCUT2D eigenvalue weighted by molar-refractivity contribution is 9.10. The summed E-state index contributed by atoms with van der Waals surface area (Å²) in [6.07, 6.45) is -5.12. The fourth-order valence-corrected chi connectivity index (χ4v) is 3.82. The number of ketones is 1. The van der Waals surface area contributed by atoms with Crippen LogP contribution in [0, 0.1) is 0 Å². The normalized spacial score (nSPS) is 24.3. The van der Waals surface area contributed by atoms with Gasteiger partial charge in [-0.25, -0.2) is 4.79 Å². The zero-order chi connectivity index (χ0) is 19.7. The van der Waals surface area contributed by atoms with E-state index in [1.165, 1.54) is 6.07 Å². The van der Waals surface area contributed by atoms with Crippen LogP contribution < -0.4 is 0 Å². The molecule has 0 aliphatic carbocycles. The number of Topliss-reactive ketones (excluding diaryl/α,β-unsaturated/α-hetero) is 1. The standard InChI is InChI=1S/C17H17BrF3NO4/c1-10-4-3-7-22(10,16(25)26)14(23)9-13(18)15(24)11-5-2-6-12(8-11)17(19,20)21/h2,5-6,8,10,13H,3-4,7,9H2,1H3/p+1/t10-,13?,22?/m1/s1. The summed E-state index contributed by atoms with van der Waals surface area (Å²) in [6, 6.07) is 3.51. The van der Waals surface area contributed by atoms with Crippen molar-refractivity contribution in [1.29, 1.82) is 0 Å². The number of rotatable bonds is 4. The van der Waals surface area contributed by atoms with Crippen LogP contribution in [0.25, 0.3) is 0 Å². The van der Waals surface area contributed by atoms with Gasteiger partial charge >= 0.3 is 18.2 Å². The number of amides is 2. The molecule has 1 saturated heterocycles. The van der Waals surface area contributed by atoms with Gasteiger partial charge in [-0.1, -0.05) is 28.1 Å². The van der Waals surface area contributed by atoms with Crippen molar-refractivity contribution in [3.8, 4) is 0 Å². The first-order chi connectivity index (χ1) is 12.0. The van der Waals surface area contributed by atoms with Gasteiger partial charge in [-0.3, -0.25) is 4.79 Å². The first-order valence-electron chi connectivity index (χ1n) is 8.00. The van der Waals surface area contributed by atoms with E-state index in [9.17, 15) is 32.7 Å². The smallest absolute Gasteiger partial charge is 0.435 e. The van der Waals surface area contributed by atoms with Gasteiger partial charge in [0.2, 0.25) is 0 Å². The minimum Gasteiger partial charge on any atom is -0.435 e. The summed E-state index contributed by atoms with van der Waals surface area (Å²) in [5.41, 5.74) is -1.15. The van der Waals surface area contributed by atoms with Crippen LogP contribution in [0.5, 0.6) is 0 Å². The molecule has 3 atom stereocenters. The Hall–Kier alpha value is -1.74. The zero-order valence-corrected chi connectivity index (χ0v) is 15.5. The number of imide groups is 1. The number of carbonyl (C=O) groups excluding carboxylic acids is 2. The molecule has 1 aliphatic heterocycles. The maximum Gasteiger partial charge on any atom is 0.521 e. The molecule has 0 spiro atoms. The second-order valence-electron chi connectivity index (χ2n) is 6.37. The first kappa shape index (κ1) is 20.6. The van der Waals surface area contributed by atoms with Crippen LogP contribution in [-0.4, -0.2) is 44.8 Å². The summed E-state index contributed by atoms with van der Waals surface area (Å²) in [4.78, 5) is 35.6. The van der Waals surface area contributed by atoms with Crippen molar-refractivity contribution in [2.45, 2.75) is 43.2 Å². The average Bonchev–Trinajstić information content (AvgIpc) is 2.96. The Morgan fingerprint density at radius 2 is 2.00 bits per heavy atom. The van der Waals surface area contributed by atoms with Crippen molar-refractivity contribution in [3.05, 3.63) is 35.4 Å². The minimum atomic E-state index is -4.59. The molecule has 0 radical (unpaired) electrons. The van der Waals surface area contributed by atoms with Crippen LogP contribution in [0.1, 0.15) is 42.1 Å². The number of benzene rings is 1. The minimum absolute atomic E-state index is 0.146. The van der Waals surface area contributed by atoms with Gasteiger partial charge in [0.15, 0.2) is 5.78 Å². The zero-order valence-electron chi connectivity index (χ0n) is 13.9. The Morgan fingerprint density at radius 3 is 2.50 bits per heavy atom. The number of alkyl halides is 4. The van der Waals surface area contributed by atoms with Gasteiger partial charge in [-0.2, -0.15) is 22.4 Å². The Morgan fingerprint density at radius 1 is 1.35 bits per heavy atom. The van der Waals surface area contributed by atoms with Gasteiger partial charge in [-0.15, -0.1) is 0 Å². The van der Waals surface area contributed by atoms with E-state index in [1.54, 1.807) is 6.92 Å². The lowest BCUT2D eigenvalue weighted by atomic mass is 10.0. The molecule has 1 aromatic carbocycles. The fourth-order valence-electron chi connectivity index (χ4n) is 3.28. The largest absolute Gasteiger partial charge is 0.521 e. The number of nitrogens with zero attached hydrogens (tertiary/aromatic N) is 1. The van der Waals surface area contributed by atoms with Crippen LogP contribution in [0.15, 0.2) is 24.3 Å².